The molecule has 0 amide bonds. The molecular weight excluding hydrogens is 707 g/mol. The van der Waals surface area contributed by atoms with Crippen molar-refractivity contribution >= 4 is 37.3 Å². The first-order chi connectivity index (χ1) is 25.1. The van der Waals surface area contributed by atoms with Crippen LogP contribution in [0.15, 0.2) is 95.4 Å². The van der Waals surface area contributed by atoms with Crippen molar-refractivity contribution in [3.63, 3.8) is 0 Å². The lowest BCUT2D eigenvalue weighted by atomic mass is 9.83. The number of allylic oxidation sites excluding steroid dienone is 8. The quantitative estimate of drug-likeness (QED) is 0.127. The third-order valence-corrected chi connectivity index (χ3v) is 13.1. The molecule has 6 rings (SSSR count). The average Bonchev–Trinajstić information content (AvgIpc) is 3.68. The molecule has 53 heavy (non-hydrogen) atoms. The Hall–Kier alpha value is -3.51. The van der Waals surface area contributed by atoms with Gasteiger partial charge in [-0.3, -0.25) is 9.11 Å². The van der Waals surface area contributed by atoms with Gasteiger partial charge in [0.1, 0.15) is 13.1 Å². The Morgan fingerprint density at radius 2 is 1.04 bits per heavy atom. The van der Waals surface area contributed by atoms with Gasteiger partial charge in [-0.2, -0.15) is 16.8 Å². The van der Waals surface area contributed by atoms with Gasteiger partial charge in [0.15, 0.2) is 0 Å². The lowest BCUT2D eigenvalue weighted by molar-refractivity contribution is -0.536. The minimum Gasteiger partial charge on any atom is -0.344 e. The fourth-order valence-electron chi connectivity index (χ4n) is 8.79. The SMILES string of the molecule is CC1(C)/C(=C\C=C2\CC/C(=C\C=C3\N(CCCCS(=O)(=O)O)c4ccccc4C3(C)C)C2=[N+]2CCCCC2)N(CCCCS(=O)(=O)O)c2ccccc21. The molecule has 1 aliphatic carbocycles. The van der Waals surface area contributed by atoms with Crippen LogP contribution in [0, 0.1) is 0 Å². The van der Waals surface area contributed by atoms with Gasteiger partial charge >= 0.3 is 0 Å². The first-order valence-electron chi connectivity index (χ1n) is 19.2. The molecule has 3 heterocycles. The summed E-state index contributed by atoms with van der Waals surface area (Å²) in [5.74, 6) is -0.465. The standard InChI is InChI=1S/C42H55N3O6S2/c1-41(2)34-16-6-8-18-36(34)44(28-12-14-30-52(46,47)48)38(41)24-22-32-20-21-33(40(32)43-26-10-5-11-27-43)23-25-39-42(3,4)35-17-7-9-19-37(35)45(39)29-13-15-31-53(49,50)51/h6-9,16-19,22-25H,5,10-15,20-21,26-31H2,1-4H3,(H-,46,47,48,49,50,51)/p+1. The van der Waals surface area contributed by atoms with Crippen LogP contribution in [-0.4, -0.2) is 73.9 Å². The Morgan fingerprint density at radius 3 is 1.45 bits per heavy atom. The number of unbranched alkanes of at least 4 members (excludes halogenated alkanes) is 2. The van der Waals surface area contributed by atoms with Gasteiger partial charge in [0.2, 0.25) is 5.71 Å². The van der Waals surface area contributed by atoms with Crippen molar-refractivity contribution in [2.45, 2.75) is 96.3 Å². The molecule has 2 aromatic carbocycles. The minimum atomic E-state index is -3.99. The molecule has 0 aromatic heterocycles. The van der Waals surface area contributed by atoms with Gasteiger partial charge in [-0.1, -0.05) is 76.2 Å². The van der Waals surface area contributed by atoms with Crippen molar-refractivity contribution in [2.24, 2.45) is 0 Å². The summed E-state index contributed by atoms with van der Waals surface area (Å²) in [5.41, 5.74) is 10.7. The second kappa shape index (κ2) is 15.7. The van der Waals surface area contributed by atoms with E-state index < -0.39 is 20.2 Å². The van der Waals surface area contributed by atoms with Crippen LogP contribution in [-0.2, 0) is 31.1 Å². The van der Waals surface area contributed by atoms with Crippen LogP contribution in [0.4, 0.5) is 11.4 Å². The van der Waals surface area contributed by atoms with E-state index in [1.165, 1.54) is 58.6 Å². The Morgan fingerprint density at radius 1 is 0.623 bits per heavy atom. The molecule has 1 saturated heterocycles. The lowest BCUT2D eigenvalue weighted by Crippen LogP contribution is -2.28. The summed E-state index contributed by atoms with van der Waals surface area (Å²) < 4.78 is 66.8. The summed E-state index contributed by atoms with van der Waals surface area (Å²) >= 11 is 0. The third-order valence-electron chi connectivity index (χ3n) is 11.5. The van der Waals surface area contributed by atoms with E-state index in [1.807, 2.05) is 0 Å². The predicted molar refractivity (Wildman–Crippen MR) is 215 cm³/mol. The van der Waals surface area contributed by atoms with Crippen molar-refractivity contribution in [1.29, 1.82) is 0 Å². The number of rotatable bonds is 12. The fourth-order valence-corrected chi connectivity index (χ4v) is 9.93. The first kappa shape index (κ1) is 39.2. The zero-order valence-corrected chi connectivity index (χ0v) is 33.4. The highest BCUT2D eigenvalue weighted by molar-refractivity contribution is 7.86. The van der Waals surface area contributed by atoms with Gasteiger partial charge in [-0.15, -0.1) is 0 Å². The molecule has 3 aliphatic heterocycles. The maximum absolute atomic E-state index is 11.4. The number of anilines is 2. The Kier molecular flexibility index (Phi) is 11.6. The summed E-state index contributed by atoms with van der Waals surface area (Å²) in [6.45, 7) is 12.4. The molecular formula is C42H56N3O6S2+. The Labute approximate surface area is 317 Å². The molecule has 4 aliphatic rings. The maximum Gasteiger partial charge on any atom is 0.264 e. The van der Waals surface area contributed by atoms with Gasteiger partial charge in [0, 0.05) is 70.7 Å². The molecule has 0 unspecified atom stereocenters. The number of para-hydroxylation sites is 2. The number of nitrogens with zero attached hydrogens (tertiary/aromatic N) is 3. The summed E-state index contributed by atoms with van der Waals surface area (Å²) in [7, 11) is -7.99. The lowest BCUT2D eigenvalue weighted by Gasteiger charge is -2.27. The molecule has 1 saturated carbocycles. The van der Waals surface area contributed by atoms with E-state index in [-0.39, 0.29) is 22.3 Å². The summed E-state index contributed by atoms with van der Waals surface area (Å²) in [6.07, 6.45) is 16.8. The van der Waals surface area contributed by atoms with Crippen LogP contribution in [0.5, 0.6) is 0 Å². The molecule has 11 heteroatoms. The highest BCUT2D eigenvalue weighted by Crippen LogP contribution is 2.49. The smallest absolute Gasteiger partial charge is 0.264 e. The van der Waals surface area contributed by atoms with E-state index >= 15 is 0 Å². The van der Waals surface area contributed by atoms with Crippen LogP contribution >= 0.6 is 0 Å². The third kappa shape index (κ3) is 8.74. The monoisotopic (exact) mass is 762 g/mol. The van der Waals surface area contributed by atoms with Crippen molar-refractivity contribution in [1.82, 2.24) is 0 Å². The van der Waals surface area contributed by atoms with E-state index in [1.54, 1.807) is 0 Å². The number of hydrogen-bond acceptors (Lipinski definition) is 6. The summed E-state index contributed by atoms with van der Waals surface area (Å²) in [4.78, 5) is 4.66. The second-order valence-corrected chi connectivity index (χ2v) is 19.1. The second-order valence-electron chi connectivity index (χ2n) is 16.0. The van der Waals surface area contributed by atoms with E-state index in [0.29, 0.717) is 38.8 Å². The Bertz CT molecular complexity index is 1950. The van der Waals surface area contributed by atoms with Crippen LogP contribution < -0.4 is 9.80 Å². The van der Waals surface area contributed by atoms with Crippen LogP contribution in [0.2, 0.25) is 0 Å². The van der Waals surface area contributed by atoms with Crippen molar-refractivity contribution in [2.75, 3.05) is 47.5 Å². The van der Waals surface area contributed by atoms with Crippen molar-refractivity contribution < 1.29 is 30.5 Å². The number of benzene rings is 2. The van der Waals surface area contributed by atoms with E-state index in [9.17, 15) is 25.9 Å². The number of hydrogen-bond donors (Lipinski definition) is 2. The van der Waals surface area contributed by atoms with E-state index in [4.69, 9.17) is 0 Å². The largest absolute Gasteiger partial charge is 0.344 e. The predicted octanol–water partition coefficient (Wildman–Crippen LogP) is 7.97. The maximum atomic E-state index is 11.4. The van der Waals surface area contributed by atoms with E-state index in [2.05, 4.69) is 115 Å². The first-order valence-corrected chi connectivity index (χ1v) is 22.4. The molecule has 286 valence electrons. The zero-order chi connectivity index (χ0) is 38.0. The molecule has 2 aromatic rings. The van der Waals surface area contributed by atoms with Crippen LogP contribution in [0.25, 0.3) is 0 Å². The van der Waals surface area contributed by atoms with Crippen molar-refractivity contribution in [3.05, 3.63) is 107 Å². The van der Waals surface area contributed by atoms with Gasteiger partial charge < -0.3 is 9.80 Å². The molecule has 2 N–H and O–H groups in total. The molecule has 0 bridgehead atoms. The van der Waals surface area contributed by atoms with E-state index in [0.717, 1.165) is 37.3 Å². The molecule has 2 fully saturated rings. The van der Waals surface area contributed by atoms with Crippen molar-refractivity contribution in [3.8, 4) is 0 Å². The normalized spacial score (nSPS) is 22.8. The van der Waals surface area contributed by atoms with Gasteiger partial charge in [0.05, 0.1) is 11.5 Å². The number of piperidine rings is 1. The average molecular weight is 763 g/mol. The Balaban J connectivity index is 1.34. The fraction of sp³-hybridized carbons (Fsp3) is 0.500. The van der Waals surface area contributed by atoms with Crippen LogP contribution in [0.1, 0.15) is 96.6 Å². The summed E-state index contributed by atoms with van der Waals surface area (Å²) in [6, 6.07) is 16.9. The highest BCUT2D eigenvalue weighted by atomic mass is 32.2. The van der Waals surface area contributed by atoms with Gasteiger partial charge in [0.25, 0.3) is 20.2 Å². The topological polar surface area (TPSA) is 118 Å². The van der Waals surface area contributed by atoms with Gasteiger partial charge in [-0.05, 0) is 80.4 Å². The van der Waals surface area contributed by atoms with Gasteiger partial charge in [-0.25, -0.2) is 4.58 Å². The number of fused-ring (bicyclic) bond motifs is 2. The molecule has 0 atom stereocenters. The molecule has 0 radical (unpaired) electrons. The van der Waals surface area contributed by atoms with Crippen LogP contribution in [0.3, 0.4) is 0 Å². The molecule has 0 spiro atoms. The summed E-state index contributed by atoms with van der Waals surface area (Å²) in [5, 5.41) is 0. The minimum absolute atomic E-state index is 0.233. The zero-order valence-electron chi connectivity index (χ0n) is 31.7. The molecule has 9 nitrogen and oxygen atoms in total. The highest BCUT2D eigenvalue weighted by Gasteiger charge is 2.41.